The Balaban J connectivity index is 1.49. The maximum Gasteiger partial charge on any atom is 0.417 e. The molecule has 3 aromatic rings. The number of halogens is 4. The van der Waals surface area contributed by atoms with Gasteiger partial charge in [-0.3, -0.25) is 4.79 Å². The summed E-state index contributed by atoms with van der Waals surface area (Å²) in [7, 11) is 0. The van der Waals surface area contributed by atoms with Gasteiger partial charge >= 0.3 is 6.18 Å². The van der Waals surface area contributed by atoms with Gasteiger partial charge in [-0.15, -0.1) is 0 Å². The average molecular weight is 421 g/mol. The zero-order chi connectivity index (χ0) is 21.5. The number of carbonyl (C=O) groups is 1. The van der Waals surface area contributed by atoms with Crippen LogP contribution in [0.3, 0.4) is 0 Å². The molecule has 3 heterocycles. The molecule has 1 amide bonds. The van der Waals surface area contributed by atoms with Crippen LogP contribution in [0.25, 0.3) is 11.0 Å². The first kappa shape index (κ1) is 20.2. The van der Waals surface area contributed by atoms with E-state index in [1.54, 1.807) is 11.8 Å². The molecular formula is C21H19F4N3O2. The van der Waals surface area contributed by atoms with Crippen LogP contribution in [0.1, 0.15) is 28.1 Å². The molecule has 0 saturated carbocycles. The maximum absolute atomic E-state index is 13.5. The quantitative estimate of drug-likeness (QED) is 0.566. The number of amides is 1. The van der Waals surface area contributed by atoms with Crippen molar-refractivity contribution in [2.24, 2.45) is 0 Å². The smallest absolute Gasteiger partial charge is 0.417 e. The molecule has 1 aliphatic heterocycles. The van der Waals surface area contributed by atoms with E-state index in [9.17, 15) is 22.4 Å². The Hall–Kier alpha value is -3.10. The van der Waals surface area contributed by atoms with Crippen molar-refractivity contribution in [3.63, 3.8) is 0 Å². The minimum Gasteiger partial charge on any atom is -0.451 e. The lowest BCUT2D eigenvalue weighted by atomic mass is 10.1. The van der Waals surface area contributed by atoms with Crippen LogP contribution in [0.4, 0.5) is 23.4 Å². The lowest BCUT2D eigenvalue weighted by Gasteiger charge is -2.22. The van der Waals surface area contributed by atoms with E-state index in [-0.39, 0.29) is 11.7 Å². The van der Waals surface area contributed by atoms with E-state index in [4.69, 9.17) is 4.42 Å². The highest BCUT2D eigenvalue weighted by atomic mass is 19.4. The molecule has 1 aliphatic rings. The van der Waals surface area contributed by atoms with E-state index in [0.29, 0.717) is 55.0 Å². The molecule has 9 heteroatoms. The topological polar surface area (TPSA) is 49.6 Å². The number of anilines is 1. The lowest BCUT2D eigenvalue weighted by Crippen LogP contribution is -2.35. The average Bonchev–Trinajstić information content (AvgIpc) is 2.89. The number of alkyl halides is 3. The van der Waals surface area contributed by atoms with Crippen molar-refractivity contribution >= 4 is 22.7 Å². The summed E-state index contributed by atoms with van der Waals surface area (Å²) in [6, 6.07) is 6.46. The Kier molecular flexibility index (Phi) is 5.13. The van der Waals surface area contributed by atoms with Crippen LogP contribution in [-0.2, 0) is 6.18 Å². The van der Waals surface area contributed by atoms with Crippen LogP contribution >= 0.6 is 0 Å². The van der Waals surface area contributed by atoms with Crippen LogP contribution in [0.15, 0.2) is 40.9 Å². The summed E-state index contributed by atoms with van der Waals surface area (Å²) in [5.74, 6) is -0.0735. The van der Waals surface area contributed by atoms with E-state index < -0.39 is 17.6 Å². The third-order valence-corrected chi connectivity index (χ3v) is 5.27. The second-order valence-corrected chi connectivity index (χ2v) is 7.23. The Labute approximate surface area is 169 Å². The first-order chi connectivity index (χ1) is 14.2. The summed E-state index contributed by atoms with van der Waals surface area (Å²) in [5, 5.41) is 0.559. The van der Waals surface area contributed by atoms with Crippen molar-refractivity contribution in [3.05, 3.63) is 59.2 Å². The molecule has 30 heavy (non-hydrogen) atoms. The van der Waals surface area contributed by atoms with Gasteiger partial charge in [0.25, 0.3) is 5.91 Å². The molecule has 1 aromatic carbocycles. The summed E-state index contributed by atoms with van der Waals surface area (Å²) in [6.07, 6.45) is -2.98. The van der Waals surface area contributed by atoms with E-state index in [0.717, 1.165) is 12.3 Å². The number of hydrogen-bond acceptors (Lipinski definition) is 4. The number of hydrogen-bond donors (Lipinski definition) is 0. The number of carbonyl (C=O) groups excluding carboxylic acids is 1. The highest BCUT2D eigenvalue weighted by molar-refractivity contribution is 5.99. The highest BCUT2D eigenvalue weighted by Crippen LogP contribution is 2.30. The summed E-state index contributed by atoms with van der Waals surface area (Å²) >= 11 is 0. The normalized spacial score (nSPS) is 15.5. The largest absolute Gasteiger partial charge is 0.451 e. The predicted molar refractivity (Wildman–Crippen MR) is 103 cm³/mol. The summed E-state index contributed by atoms with van der Waals surface area (Å²) in [4.78, 5) is 20.4. The molecule has 5 nitrogen and oxygen atoms in total. The molecule has 0 bridgehead atoms. The van der Waals surface area contributed by atoms with E-state index >= 15 is 0 Å². The van der Waals surface area contributed by atoms with Crippen molar-refractivity contribution in [3.8, 4) is 0 Å². The van der Waals surface area contributed by atoms with Gasteiger partial charge in [-0.25, -0.2) is 9.37 Å². The van der Waals surface area contributed by atoms with Crippen molar-refractivity contribution < 1.29 is 26.8 Å². The number of nitrogens with zero attached hydrogens (tertiary/aromatic N) is 3. The third kappa shape index (κ3) is 3.83. The lowest BCUT2D eigenvalue weighted by molar-refractivity contribution is -0.137. The molecule has 4 rings (SSSR count). The number of fused-ring (bicyclic) bond motifs is 1. The second-order valence-electron chi connectivity index (χ2n) is 7.23. The van der Waals surface area contributed by atoms with Crippen molar-refractivity contribution in [2.75, 3.05) is 31.1 Å². The van der Waals surface area contributed by atoms with Crippen molar-refractivity contribution in [1.82, 2.24) is 9.88 Å². The predicted octanol–water partition coefficient (Wildman–Crippen LogP) is 4.65. The van der Waals surface area contributed by atoms with Gasteiger partial charge in [0.1, 0.15) is 17.2 Å². The van der Waals surface area contributed by atoms with Gasteiger partial charge in [0, 0.05) is 43.3 Å². The zero-order valence-corrected chi connectivity index (χ0v) is 16.2. The van der Waals surface area contributed by atoms with Crippen molar-refractivity contribution in [2.45, 2.75) is 19.5 Å². The number of aryl methyl sites for hydroxylation is 1. The molecular weight excluding hydrogens is 402 g/mol. The fourth-order valence-electron chi connectivity index (χ4n) is 3.63. The fraction of sp³-hybridized carbons (Fsp3) is 0.333. The number of rotatable bonds is 2. The van der Waals surface area contributed by atoms with Crippen LogP contribution in [0.5, 0.6) is 0 Å². The fourth-order valence-corrected chi connectivity index (χ4v) is 3.63. The maximum atomic E-state index is 13.5. The molecule has 0 atom stereocenters. The highest BCUT2D eigenvalue weighted by Gasteiger charge is 2.31. The van der Waals surface area contributed by atoms with Gasteiger partial charge in [-0.2, -0.15) is 13.2 Å². The molecule has 0 N–H and O–H groups in total. The number of aromatic nitrogens is 1. The van der Waals surface area contributed by atoms with Gasteiger partial charge < -0.3 is 14.2 Å². The Morgan fingerprint density at radius 3 is 2.60 bits per heavy atom. The van der Waals surface area contributed by atoms with Crippen LogP contribution in [0, 0.1) is 12.7 Å². The molecule has 158 valence electrons. The number of benzene rings is 1. The van der Waals surface area contributed by atoms with E-state index in [1.807, 2.05) is 4.90 Å². The van der Waals surface area contributed by atoms with Gasteiger partial charge in [0.05, 0.1) is 5.56 Å². The molecule has 2 aromatic heterocycles. The monoisotopic (exact) mass is 421 g/mol. The molecule has 0 unspecified atom stereocenters. The van der Waals surface area contributed by atoms with Gasteiger partial charge in [0.2, 0.25) is 0 Å². The van der Waals surface area contributed by atoms with Gasteiger partial charge in [-0.1, -0.05) is 0 Å². The second kappa shape index (κ2) is 7.62. The Bertz CT molecular complexity index is 1080. The summed E-state index contributed by atoms with van der Waals surface area (Å²) < 4.78 is 57.4. The molecule has 1 saturated heterocycles. The van der Waals surface area contributed by atoms with Crippen LogP contribution in [-0.4, -0.2) is 42.0 Å². The number of furan rings is 1. The van der Waals surface area contributed by atoms with Gasteiger partial charge in [0.15, 0.2) is 5.76 Å². The zero-order valence-electron chi connectivity index (χ0n) is 16.2. The minimum absolute atomic E-state index is 0.178. The Morgan fingerprint density at radius 1 is 1.10 bits per heavy atom. The van der Waals surface area contributed by atoms with Crippen LogP contribution in [0.2, 0.25) is 0 Å². The SMILES string of the molecule is Cc1c(C(=O)N2CCCN(c3ccc(C(F)(F)F)cn3)CC2)oc2ccc(F)cc12. The minimum atomic E-state index is -4.43. The molecule has 0 aliphatic carbocycles. The third-order valence-electron chi connectivity index (χ3n) is 5.27. The first-order valence-corrected chi connectivity index (χ1v) is 9.50. The van der Waals surface area contributed by atoms with E-state index in [1.165, 1.54) is 24.3 Å². The number of pyridine rings is 1. The first-order valence-electron chi connectivity index (χ1n) is 9.50. The molecule has 1 fully saturated rings. The van der Waals surface area contributed by atoms with Crippen LogP contribution < -0.4 is 4.90 Å². The molecule has 0 spiro atoms. The van der Waals surface area contributed by atoms with Gasteiger partial charge in [-0.05, 0) is 43.7 Å². The summed E-state index contributed by atoms with van der Waals surface area (Å²) in [6.45, 7) is 3.55. The van der Waals surface area contributed by atoms with E-state index in [2.05, 4.69) is 4.98 Å². The molecule has 0 radical (unpaired) electrons. The Morgan fingerprint density at radius 2 is 1.90 bits per heavy atom. The summed E-state index contributed by atoms with van der Waals surface area (Å²) in [5.41, 5.74) is 0.234. The standard InChI is InChI=1S/C21H19F4N3O2/c1-13-16-11-15(22)4-5-17(16)30-19(13)20(29)28-8-2-7-27(9-10-28)18-6-3-14(12-26-18)21(23,24)25/h3-6,11-12H,2,7-10H2,1H3. The van der Waals surface area contributed by atoms with Crippen molar-refractivity contribution in [1.29, 1.82) is 0 Å².